The first kappa shape index (κ1) is 9.84. The van der Waals surface area contributed by atoms with Crippen LogP contribution in [0.5, 0.6) is 0 Å². The highest BCUT2D eigenvalue weighted by Crippen LogP contribution is 2.25. The van der Waals surface area contributed by atoms with Crippen molar-refractivity contribution in [2.75, 3.05) is 0 Å². The molecule has 2 nitrogen and oxygen atoms in total. The lowest BCUT2D eigenvalue weighted by Crippen LogP contribution is -1.84. The fourth-order valence-corrected chi connectivity index (χ4v) is 1.47. The zero-order valence-corrected chi connectivity index (χ0v) is 9.01. The lowest BCUT2D eigenvalue weighted by atomic mass is 10.1. The van der Waals surface area contributed by atoms with Crippen molar-refractivity contribution in [2.24, 2.45) is 10.2 Å². The van der Waals surface area contributed by atoms with Gasteiger partial charge in [-0.1, -0.05) is 36.4 Å². The van der Waals surface area contributed by atoms with E-state index in [0.29, 0.717) is 0 Å². The largest absolute Gasteiger partial charge is 0.186 e. The lowest BCUT2D eigenvalue weighted by molar-refractivity contribution is 0.780. The Bertz CT molecular complexity index is 481. The van der Waals surface area contributed by atoms with Crippen molar-refractivity contribution < 1.29 is 0 Å². The first-order chi connectivity index (χ1) is 7.27. The Kier molecular flexibility index (Phi) is 2.77. The Morgan fingerprint density at radius 1 is 0.933 bits per heavy atom. The minimum absolute atomic E-state index is 0.240. The van der Waals surface area contributed by atoms with Gasteiger partial charge >= 0.3 is 0 Å². The summed E-state index contributed by atoms with van der Waals surface area (Å²) in [7, 11) is 0. The molecule has 2 rings (SSSR count). The fraction of sp³-hybridized carbons (Fsp3) is 0.231. The zero-order chi connectivity index (χ0) is 10.7. The molecule has 0 atom stereocenters. The van der Waals surface area contributed by atoms with E-state index in [1.54, 1.807) is 0 Å². The molecule has 15 heavy (non-hydrogen) atoms. The molecule has 2 aromatic carbocycles. The standard InChI is InChI=1S/C13H14N2/c1-10(2)14-15-13-9-5-7-11-6-3-4-8-12(11)13/h3-10H,1-2H3/b15-14+. The summed E-state index contributed by atoms with van der Waals surface area (Å²) in [6.07, 6.45) is 0. The van der Waals surface area contributed by atoms with Crippen molar-refractivity contribution in [3.05, 3.63) is 42.5 Å². The van der Waals surface area contributed by atoms with Gasteiger partial charge in [0, 0.05) is 5.39 Å². The second kappa shape index (κ2) is 4.22. The number of hydrogen-bond acceptors (Lipinski definition) is 2. The maximum Gasteiger partial charge on any atom is 0.0930 e. The van der Waals surface area contributed by atoms with Crippen LogP contribution in [0.25, 0.3) is 10.8 Å². The Balaban J connectivity index is 2.51. The highest BCUT2D eigenvalue weighted by atomic mass is 15.1. The molecule has 2 aromatic rings. The number of fused-ring (bicyclic) bond motifs is 1. The molecule has 0 bridgehead atoms. The number of rotatable bonds is 2. The normalized spacial score (nSPS) is 11.7. The third kappa shape index (κ3) is 2.21. The molecular formula is C13H14N2. The molecule has 0 saturated heterocycles. The van der Waals surface area contributed by atoms with E-state index in [2.05, 4.69) is 28.4 Å². The van der Waals surface area contributed by atoms with Gasteiger partial charge in [-0.2, -0.15) is 10.2 Å². The quantitative estimate of drug-likeness (QED) is 0.641. The average molecular weight is 198 g/mol. The van der Waals surface area contributed by atoms with Crippen LogP contribution in [0.1, 0.15) is 13.8 Å². The van der Waals surface area contributed by atoms with Gasteiger partial charge in [0.2, 0.25) is 0 Å². The van der Waals surface area contributed by atoms with Gasteiger partial charge in [-0.15, -0.1) is 0 Å². The van der Waals surface area contributed by atoms with Crippen molar-refractivity contribution in [3.8, 4) is 0 Å². The highest BCUT2D eigenvalue weighted by Gasteiger charge is 1.98. The van der Waals surface area contributed by atoms with Crippen LogP contribution in [0.15, 0.2) is 52.7 Å². The highest BCUT2D eigenvalue weighted by molar-refractivity contribution is 5.92. The first-order valence-electron chi connectivity index (χ1n) is 5.16. The van der Waals surface area contributed by atoms with E-state index in [9.17, 15) is 0 Å². The molecule has 0 aliphatic rings. The summed E-state index contributed by atoms with van der Waals surface area (Å²) in [6, 6.07) is 14.6. The van der Waals surface area contributed by atoms with Crippen molar-refractivity contribution in [1.82, 2.24) is 0 Å². The van der Waals surface area contributed by atoms with E-state index in [1.165, 1.54) is 5.39 Å². The summed E-state index contributed by atoms with van der Waals surface area (Å²) in [5, 5.41) is 10.8. The molecule has 0 spiro atoms. The maximum absolute atomic E-state index is 4.26. The fourth-order valence-electron chi connectivity index (χ4n) is 1.47. The second-order valence-corrected chi connectivity index (χ2v) is 3.81. The van der Waals surface area contributed by atoms with Crippen LogP contribution >= 0.6 is 0 Å². The van der Waals surface area contributed by atoms with Gasteiger partial charge in [-0.25, -0.2) is 0 Å². The molecule has 0 radical (unpaired) electrons. The molecule has 0 fully saturated rings. The van der Waals surface area contributed by atoms with E-state index in [1.807, 2.05) is 38.1 Å². The molecule has 0 heterocycles. The maximum atomic E-state index is 4.26. The zero-order valence-electron chi connectivity index (χ0n) is 9.01. The predicted molar refractivity (Wildman–Crippen MR) is 63.6 cm³/mol. The molecule has 76 valence electrons. The number of azo groups is 1. The summed E-state index contributed by atoms with van der Waals surface area (Å²) in [4.78, 5) is 0. The molecule has 2 heteroatoms. The topological polar surface area (TPSA) is 24.7 Å². The van der Waals surface area contributed by atoms with Crippen LogP contribution in [0.2, 0.25) is 0 Å². The van der Waals surface area contributed by atoms with Gasteiger partial charge in [0.15, 0.2) is 0 Å². The summed E-state index contributed by atoms with van der Waals surface area (Å²) in [5.74, 6) is 0. The Hall–Kier alpha value is -1.70. The third-order valence-corrected chi connectivity index (χ3v) is 2.16. The Morgan fingerprint density at radius 3 is 2.47 bits per heavy atom. The Labute approximate surface area is 89.7 Å². The summed E-state index contributed by atoms with van der Waals surface area (Å²) >= 11 is 0. The van der Waals surface area contributed by atoms with E-state index >= 15 is 0 Å². The molecule has 0 amide bonds. The van der Waals surface area contributed by atoms with Crippen LogP contribution in [0.3, 0.4) is 0 Å². The molecule has 0 unspecified atom stereocenters. The number of benzene rings is 2. The monoisotopic (exact) mass is 198 g/mol. The van der Waals surface area contributed by atoms with Crippen molar-refractivity contribution in [3.63, 3.8) is 0 Å². The second-order valence-electron chi connectivity index (χ2n) is 3.81. The Morgan fingerprint density at radius 2 is 1.67 bits per heavy atom. The molecule has 0 aliphatic heterocycles. The summed E-state index contributed by atoms with van der Waals surface area (Å²) in [6.45, 7) is 4.04. The van der Waals surface area contributed by atoms with Crippen LogP contribution in [-0.4, -0.2) is 6.04 Å². The van der Waals surface area contributed by atoms with E-state index in [0.717, 1.165) is 11.1 Å². The van der Waals surface area contributed by atoms with E-state index in [-0.39, 0.29) is 6.04 Å². The molecule has 0 aliphatic carbocycles. The third-order valence-electron chi connectivity index (χ3n) is 2.16. The lowest BCUT2D eigenvalue weighted by Gasteiger charge is -2.00. The van der Waals surface area contributed by atoms with Gasteiger partial charge in [0.1, 0.15) is 0 Å². The predicted octanol–water partition coefficient (Wildman–Crippen LogP) is 4.33. The summed E-state index contributed by atoms with van der Waals surface area (Å²) in [5.41, 5.74) is 0.946. The first-order valence-corrected chi connectivity index (χ1v) is 5.16. The molecular weight excluding hydrogens is 184 g/mol. The molecule has 0 saturated carbocycles. The van der Waals surface area contributed by atoms with E-state index < -0.39 is 0 Å². The van der Waals surface area contributed by atoms with Gasteiger partial charge in [0.05, 0.1) is 11.7 Å². The van der Waals surface area contributed by atoms with Crippen LogP contribution in [0.4, 0.5) is 5.69 Å². The molecule has 0 N–H and O–H groups in total. The van der Waals surface area contributed by atoms with Gasteiger partial charge in [-0.05, 0) is 25.3 Å². The van der Waals surface area contributed by atoms with Gasteiger partial charge in [-0.3, -0.25) is 0 Å². The number of nitrogens with zero attached hydrogens (tertiary/aromatic N) is 2. The van der Waals surface area contributed by atoms with Crippen LogP contribution < -0.4 is 0 Å². The van der Waals surface area contributed by atoms with E-state index in [4.69, 9.17) is 0 Å². The van der Waals surface area contributed by atoms with Gasteiger partial charge < -0.3 is 0 Å². The van der Waals surface area contributed by atoms with Crippen LogP contribution in [0, 0.1) is 0 Å². The number of hydrogen-bond donors (Lipinski definition) is 0. The summed E-state index contributed by atoms with van der Waals surface area (Å²) < 4.78 is 0. The molecule has 0 aromatic heterocycles. The average Bonchev–Trinajstić information content (AvgIpc) is 2.26. The minimum Gasteiger partial charge on any atom is -0.186 e. The smallest absolute Gasteiger partial charge is 0.0930 e. The van der Waals surface area contributed by atoms with Gasteiger partial charge in [0.25, 0.3) is 0 Å². The minimum atomic E-state index is 0.240. The van der Waals surface area contributed by atoms with Crippen molar-refractivity contribution in [1.29, 1.82) is 0 Å². The van der Waals surface area contributed by atoms with Crippen LogP contribution in [-0.2, 0) is 0 Å². The van der Waals surface area contributed by atoms with Crippen molar-refractivity contribution in [2.45, 2.75) is 19.9 Å². The van der Waals surface area contributed by atoms with Crippen molar-refractivity contribution >= 4 is 16.5 Å². The SMILES string of the molecule is CC(C)/N=N/c1cccc2ccccc12.